The van der Waals surface area contributed by atoms with Gasteiger partial charge in [0, 0.05) is 12.0 Å². The van der Waals surface area contributed by atoms with Gasteiger partial charge in [-0.2, -0.15) is 0 Å². The van der Waals surface area contributed by atoms with Crippen LogP contribution in [0, 0.1) is 5.82 Å². The number of carbonyl (C=O) groups excluding carboxylic acids is 3. The molecule has 96 valence electrons. The highest BCUT2D eigenvalue weighted by Crippen LogP contribution is 2.07. The Morgan fingerprint density at radius 2 is 1.72 bits per heavy atom. The number of hydrogen-bond donors (Lipinski definition) is 1. The van der Waals surface area contributed by atoms with Gasteiger partial charge in [0.2, 0.25) is 0 Å². The molecule has 0 atom stereocenters. The molecule has 6 heteroatoms. The molecule has 0 heterocycles. The van der Waals surface area contributed by atoms with Gasteiger partial charge in [-0.15, -0.1) is 0 Å². The monoisotopic (exact) mass is 253 g/mol. The van der Waals surface area contributed by atoms with Crippen LogP contribution in [0.15, 0.2) is 24.3 Å². The fraction of sp³-hybridized carbons (Fsp3) is 0.250. The highest BCUT2D eigenvalue weighted by atomic mass is 19.1. The third-order valence-corrected chi connectivity index (χ3v) is 2.10. The molecule has 0 aliphatic carbocycles. The van der Waals surface area contributed by atoms with E-state index in [9.17, 15) is 18.8 Å². The number of ketones is 1. The van der Waals surface area contributed by atoms with Crippen LogP contribution in [0.2, 0.25) is 0 Å². The van der Waals surface area contributed by atoms with Gasteiger partial charge in [0.25, 0.3) is 5.91 Å². The minimum absolute atomic E-state index is 0.0662. The van der Waals surface area contributed by atoms with E-state index in [1.54, 1.807) is 0 Å². The second kappa shape index (κ2) is 6.48. The summed E-state index contributed by atoms with van der Waals surface area (Å²) < 4.78 is 17.1. The second-order valence-electron chi connectivity index (χ2n) is 3.56. The quantitative estimate of drug-likeness (QED) is 0.600. The summed E-state index contributed by atoms with van der Waals surface area (Å²) in [5.74, 6) is -2.17. The summed E-state index contributed by atoms with van der Waals surface area (Å²) in [6.45, 7) is -0.496. The van der Waals surface area contributed by atoms with Crippen molar-refractivity contribution in [3.05, 3.63) is 35.6 Å². The molecule has 0 fully saturated rings. The smallest absolute Gasteiger partial charge is 0.306 e. The first-order valence-electron chi connectivity index (χ1n) is 5.21. The summed E-state index contributed by atoms with van der Waals surface area (Å²) in [4.78, 5) is 33.0. The van der Waals surface area contributed by atoms with Crippen molar-refractivity contribution in [3.63, 3.8) is 0 Å². The third kappa shape index (κ3) is 4.73. The summed E-state index contributed by atoms with van der Waals surface area (Å²) in [6, 6.07) is 5.01. The molecule has 1 rings (SSSR count). The van der Waals surface area contributed by atoms with E-state index in [-0.39, 0.29) is 18.6 Å². The van der Waals surface area contributed by atoms with Crippen LogP contribution < -0.4 is 5.73 Å². The summed E-state index contributed by atoms with van der Waals surface area (Å²) in [6.07, 6.45) is -0.216. The molecule has 1 aromatic rings. The van der Waals surface area contributed by atoms with E-state index in [4.69, 9.17) is 5.73 Å². The zero-order chi connectivity index (χ0) is 13.5. The zero-order valence-corrected chi connectivity index (χ0v) is 9.52. The van der Waals surface area contributed by atoms with Crippen LogP contribution in [-0.2, 0) is 14.3 Å². The van der Waals surface area contributed by atoms with E-state index in [1.165, 1.54) is 24.3 Å². The maximum absolute atomic E-state index is 12.6. The number of carbonyl (C=O) groups is 3. The Kier molecular flexibility index (Phi) is 4.98. The van der Waals surface area contributed by atoms with Gasteiger partial charge in [-0.1, -0.05) is 0 Å². The molecule has 0 radical (unpaired) electrons. The van der Waals surface area contributed by atoms with Gasteiger partial charge in [-0.25, -0.2) is 4.39 Å². The Morgan fingerprint density at radius 3 is 2.28 bits per heavy atom. The summed E-state index contributed by atoms with van der Waals surface area (Å²) in [5.41, 5.74) is 5.10. The molecule has 0 aromatic heterocycles. The Balaban J connectivity index is 2.39. The van der Waals surface area contributed by atoms with E-state index in [0.717, 1.165) is 0 Å². The second-order valence-corrected chi connectivity index (χ2v) is 3.56. The molecular formula is C12H12FNO4. The van der Waals surface area contributed by atoms with Crippen LogP contribution in [0.1, 0.15) is 23.2 Å². The Bertz CT molecular complexity index is 456. The third-order valence-electron chi connectivity index (χ3n) is 2.10. The Morgan fingerprint density at radius 1 is 1.11 bits per heavy atom. The van der Waals surface area contributed by atoms with E-state index < -0.39 is 24.3 Å². The van der Waals surface area contributed by atoms with Crippen LogP contribution >= 0.6 is 0 Å². The molecule has 0 spiro atoms. The van der Waals surface area contributed by atoms with Crippen molar-refractivity contribution >= 4 is 17.7 Å². The number of primary amides is 1. The minimum Gasteiger partial charge on any atom is -0.456 e. The van der Waals surface area contributed by atoms with Crippen molar-refractivity contribution in [2.45, 2.75) is 12.8 Å². The van der Waals surface area contributed by atoms with Crippen molar-refractivity contribution < 1.29 is 23.5 Å². The number of halogens is 1. The van der Waals surface area contributed by atoms with E-state index in [1.807, 2.05) is 0 Å². The first-order chi connectivity index (χ1) is 8.49. The number of Topliss-reactive ketones (excluding diaryl/α,β-unsaturated/α-hetero) is 1. The number of esters is 1. The van der Waals surface area contributed by atoms with Crippen LogP contribution in [-0.4, -0.2) is 24.3 Å². The molecule has 0 aliphatic rings. The lowest BCUT2D eigenvalue weighted by atomic mass is 10.1. The predicted molar refractivity (Wildman–Crippen MR) is 60.1 cm³/mol. The van der Waals surface area contributed by atoms with Crippen LogP contribution in [0.3, 0.4) is 0 Å². The normalized spacial score (nSPS) is 9.83. The van der Waals surface area contributed by atoms with Crippen LogP contribution in [0.5, 0.6) is 0 Å². The van der Waals surface area contributed by atoms with E-state index in [2.05, 4.69) is 4.74 Å². The van der Waals surface area contributed by atoms with E-state index >= 15 is 0 Å². The maximum atomic E-state index is 12.6. The molecule has 0 saturated heterocycles. The van der Waals surface area contributed by atoms with Gasteiger partial charge in [0.15, 0.2) is 12.4 Å². The fourth-order valence-electron chi connectivity index (χ4n) is 1.22. The van der Waals surface area contributed by atoms with E-state index in [0.29, 0.717) is 5.56 Å². The fourth-order valence-corrected chi connectivity index (χ4v) is 1.22. The summed E-state index contributed by atoms with van der Waals surface area (Å²) in [7, 11) is 0. The lowest BCUT2D eigenvalue weighted by Gasteiger charge is -2.02. The molecule has 0 saturated carbocycles. The van der Waals surface area contributed by atoms with Gasteiger partial charge in [0.1, 0.15) is 5.82 Å². The highest BCUT2D eigenvalue weighted by molar-refractivity contribution is 5.97. The SMILES string of the molecule is NC(=O)COC(=O)CCC(=O)c1ccc(F)cc1. The molecule has 1 aromatic carbocycles. The predicted octanol–water partition coefficient (Wildman–Crippen LogP) is 0.817. The number of ether oxygens (including phenoxy) is 1. The van der Waals surface area contributed by atoms with Crippen molar-refractivity contribution in [1.29, 1.82) is 0 Å². The van der Waals surface area contributed by atoms with Gasteiger partial charge in [-0.3, -0.25) is 14.4 Å². The average molecular weight is 253 g/mol. The van der Waals surface area contributed by atoms with Gasteiger partial charge < -0.3 is 10.5 Å². The topological polar surface area (TPSA) is 86.5 Å². The van der Waals surface area contributed by atoms with Gasteiger partial charge in [0.05, 0.1) is 6.42 Å². The molecule has 0 unspecified atom stereocenters. The number of nitrogens with two attached hydrogens (primary N) is 1. The molecular weight excluding hydrogens is 241 g/mol. The Labute approximate surface area is 103 Å². The van der Waals surface area contributed by atoms with Gasteiger partial charge >= 0.3 is 5.97 Å². The summed E-state index contributed by atoms with van der Waals surface area (Å²) >= 11 is 0. The molecule has 0 aliphatic heterocycles. The van der Waals surface area contributed by atoms with Crippen LogP contribution in [0.25, 0.3) is 0 Å². The average Bonchev–Trinajstić information content (AvgIpc) is 2.34. The van der Waals surface area contributed by atoms with Crippen LogP contribution in [0.4, 0.5) is 4.39 Å². The minimum atomic E-state index is -0.756. The molecule has 2 N–H and O–H groups in total. The van der Waals surface area contributed by atoms with Gasteiger partial charge in [-0.05, 0) is 24.3 Å². The van der Waals surface area contributed by atoms with Crippen molar-refractivity contribution in [2.24, 2.45) is 5.73 Å². The highest BCUT2D eigenvalue weighted by Gasteiger charge is 2.11. The number of benzene rings is 1. The lowest BCUT2D eigenvalue weighted by molar-refractivity contribution is -0.147. The number of amides is 1. The number of rotatable bonds is 6. The molecule has 5 nitrogen and oxygen atoms in total. The van der Waals surface area contributed by atoms with Crippen molar-refractivity contribution in [1.82, 2.24) is 0 Å². The number of hydrogen-bond acceptors (Lipinski definition) is 4. The maximum Gasteiger partial charge on any atom is 0.306 e. The van der Waals surface area contributed by atoms with Crippen molar-refractivity contribution in [2.75, 3.05) is 6.61 Å². The first-order valence-corrected chi connectivity index (χ1v) is 5.21. The molecule has 1 amide bonds. The standard InChI is InChI=1S/C12H12FNO4/c13-9-3-1-8(2-4-9)10(15)5-6-12(17)18-7-11(14)16/h1-4H,5-7H2,(H2,14,16). The summed E-state index contributed by atoms with van der Waals surface area (Å²) in [5, 5.41) is 0. The Hall–Kier alpha value is -2.24. The molecule has 0 bridgehead atoms. The first kappa shape index (κ1) is 13.8. The van der Waals surface area contributed by atoms with Crippen molar-refractivity contribution in [3.8, 4) is 0 Å². The lowest BCUT2D eigenvalue weighted by Crippen LogP contribution is -2.21. The molecule has 18 heavy (non-hydrogen) atoms. The zero-order valence-electron chi connectivity index (χ0n) is 9.52. The largest absolute Gasteiger partial charge is 0.456 e.